The topological polar surface area (TPSA) is 223 Å². The number of hydrogen-bond acceptors (Lipinski definition) is 14. The lowest BCUT2D eigenvalue weighted by Gasteiger charge is -2.30. The number of nitrogens with zero attached hydrogens (tertiary/aromatic N) is 6. The van der Waals surface area contributed by atoms with E-state index in [1.54, 1.807) is 0 Å². The fourth-order valence-corrected chi connectivity index (χ4v) is 5.88. The molecule has 4 unspecified atom stereocenters. The van der Waals surface area contributed by atoms with E-state index in [4.69, 9.17) is 31.2 Å². The largest absolute Gasteiger partial charge is 0.386 e. The van der Waals surface area contributed by atoms with E-state index in [0.717, 1.165) is 0 Å². The van der Waals surface area contributed by atoms with Crippen LogP contribution in [0.2, 0.25) is 0 Å². The van der Waals surface area contributed by atoms with Gasteiger partial charge in [0.1, 0.15) is 39.4 Å². The van der Waals surface area contributed by atoms with Crippen LogP contribution in [-0.4, -0.2) is 121 Å². The smallest absolute Gasteiger partial charge is 0.278 e. The van der Waals surface area contributed by atoms with Gasteiger partial charge in [-0.3, -0.25) is 18.7 Å². The van der Waals surface area contributed by atoms with Gasteiger partial charge in [-0.15, -0.1) is 0 Å². The second kappa shape index (κ2) is 15.5. The molecule has 0 aliphatic carbocycles. The second-order valence-corrected chi connectivity index (χ2v) is 17.3. The molecule has 0 amide bonds. The Bertz CT molecular complexity index is 1940. The quantitative estimate of drug-likeness (QED) is 0.203. The Labute approximate surface area is 316 Å². The molecule has 0 aromatic carbocycles. The SMILES string of the molecule is [2H][13c]1nc2c(=O)[nH]cnc2n1C1O[C@H](COC(C)(C)C)[C@@H](OC(C)(C)C)C1O.[2H]c1nc2c(=O)[nH]cnc2n1C1O[C@H](COC(C)(C)C)[C@@H](OC(C)(C)C)C1O. The van der Waals surface area contributed by atoms with E-state index in [1.807, 2.05) is 83.1 Å². The Morgan fingerprint density at radius 1 is 0.648 bits per heavy atom. The number of aromatic nitrogens is 8. The zero-order valence-corrected chi connectivity index (χ0v) is 33.0. The summed E-state index contributed by atoms with van der Waals surface area (Å²) in [4.78, 5) is 44.9. The highest BCUT2D eigenvalue weighted by Crippen LogP contribution is 2.37. The highest BCUT2D eigenvalue weighted by atomic mass is 16.6. The van der Waals surface area contributed by atoms with Crippen LogP contribution >= 0.6 is 0 Å². The van der Waals surface area contributed by atoms with Gasteiger partial charge in [-0.25, -0.2) is 19.9 Å². The van der Waals surface area contributed by atoms with Gasteiger partial charge < -0.3 is 48.6 Å². The molecule has 6 heterocycles. The van der Waals surface area contributed by atoms with Crippen molar-refractivity contribution in [2.45, 2.75) is 155 Å². The van der Waals surface area contributed by atoms with Crippen LogP contribution in [0.4, 0.5) is 0 Å². The Balaban J connectivity index is 0.000000214. The summed E-state index contributed by atoms with van der Waals surface area (Å²) < 4.78 is 54.9. The number of fused-ring (bicyclic) bond motifs is 2. The predicted octanol–water partition coefficient (Wildman–Crippen LogP) is 2.75. The Hall–Kier alpha value is -3.62. The maximum absolute atomic E-state index is 12.0. The van der Waals surface area contributed by atoms with Gasteiger partial charge in [0.2, 0.25) is 0 Å². The molecule has 2 fully saturated rings. The van der Waals surface area contributed by atoms with Crippen molar-refractivity contribution in [3.8, 4) is 0 Å². The normalized spacial score (nSPS) is 27.3. The summed E-state index contributed by atoms with van der Waals surface area (Å²) in [6.07, 6.45) is -4.68. The predicted molar refractivity (Wildman–Crippen MR) is 197 cm³/mol. The molecule has 2 saturated heterocycles. The molecule has 0 saturated carbocycles. The minimum absolute atomic E-state index is 0.0194. The lowest BCUT2D eigenvalue weighted by atomic mass is 10.1. The third-order valence-corrected chi connectivity index (χ3v) is 8.08. The van der Waals surface area contributed by atoms with E-state index in [2.05, 4.69) is 29.9 Å². The van der Waals surface area contributed by atoms with Crippen molar-refractivity contribution in [1.82, 2.24) is 39.0 Å². The van der Waals surface area contributed by atoms with Crippen LogP contribution in [0.1, 0.15) is 98.3 Å². The molecule has 0 spiro atoms. The molecule has 2 aliphatic heterocycles. The number of H-pyrrole nitrogens is 2. The first-order chi connectivity index (χ1) is 25.7. The molecule has 0 radical (unpaired) electrons. The van der Waals surface area contributed by atoms with E-state index < -0.39 is 82.6 Å². The van der Waals surface area contributed by atoms with Crippen LogP contribution in [0, 0.1) is 0 Å². The standard InChI is InChI=1S/2C18H28N4O5/c2*1-17(2,3)25-7-10-13(27-18(4,5)6)12(23)16(26-10)22-9-21-11-14(22)19-8-20-15(11)24/h2*8-10,12-13,16,23H,7H2,1-6H3,(H,19,20,24)/t2*10-,12?,13-,16?/m11/s1/i9+1D;9D. The number of imidazole rings is 2. The maximum atomic E-state index is 12.0. The summed E-state index contributed by atoms with van der Waals surface area (Å²) in [7, 11) is 0. The highest BCUT2D eigenvalue weighted by Gasteiger charge is 2.49. The van der Waals surface area contributed by atoms with Crippen LogP contribution in [-0.2, 0) is 28.4 Å². The Kier molecular flexibility index (Phi) is 11.1. The second-order valence-electron chi connectivity index (χ2n) is 17.3. The van der Waals surface area contributed by atoms with Crippen molar-refractivity contribution in [2.24, 2.45) is 0 Å². The van der Waals surface area contributed by atoms with E-state index in [9.17, 15) is 19.8 Å². The molecule has 18 heteroatoms. The van der Waals surface area contributed by atoms with Crippen LogP contribution in [0.3, 0.4) is 0 Å². The average molecular weight is 764 g/mol. The van der Waals surface area contributed by atoms with Gasteiger partial charge in [0, 0.05) is 0 Å². The number of ether oxygens (including phenoxy) is 6. The van der Waals surface area contributed by atoms with Gasteiger partial charge in [0.25, 0.3) is 11.1 Å². The molecule has 0 bridgehead atoms. The fraction of sp³-hybridized carbons (Fsp3) is 0.722. The van der Waals surface area contributed by atoms with Crippen molar-refractivity contribution in [1.29, 1.82) is 0 Å². The van der Waals surface area contributed by atoms with Crippen LogP contribution in [0.25, 0.3) is 22.3 Å². The summed E-state index contributed by atoms with van der Waals surface area (Å²) in [6.45, 7) is 23.3. The van der Waals surface area contributed by atoms with Crippen LogP contribution < -0.4 is 11.1 Å². The third kappa shape index (κ3) is 9.97. The first kappa shape index (κ1) is 38.6. The Morgan fingerprint density at radius 3 is 1.31 bits per heavy atom. The van der Waals surface area contributed by atoms with E-state index in [1.165, 1.54) is 21.8 Å². The molecule has 54 heavy (non-hydrogen) atoms. The zero-order valence-electron chi connectivity index (χ0n) is 35.0. The molecule has 300 valence electrons. The first-order valence-electron chi connectivity index (χ1n) is 18.9. The first-order valence-corrected chi connectivity index (χ1v) is 17.9. The van der Waals surface area contributed by atoms with Crippen molar-refractivity contribution in [3.63, 3.8) is 0 Å². The summed E-state index contributed by atoms with van der Waals surface area (Å²) in [5.74, 6) is 0. The fourth-order valence-electron chi connectivity index (χ4n) is 5.88. The summed E-state index contributed by atoms with van der Waals surface area (Å²) in [6, 6.07) is 0. The van der Waals surface area contributed by atoms with Gasteiger partial charge in [-0.05, 0) is 83.1 Å². The highest BCUT2D eigenvalue weighted by molar-refractivity contribution is 5.69. The van der Waals surface area contributed by atoms with Gasteiger partial charge in [-0.1, -0.05) is 0 Å². The summed E-state index contributed by atoms with van der Waals surface area (Å²) in [5.41, 5.74) is -2.38. The molecule has 18 nitrogen and oxygen atoms in total. The lowest BCUT2D eigenvalue weighted by molar-refractivity contribution is -0.138. The Morgan fingerprint density at radius 2 is 1.00 bits per heavy atom. The van der Waals surface area contributed by atoms with Gasteiger partial charge in [0.15, 0.2) is 34.8 Å². The number of aliphatic hydroxyl groups is 2. The number of rotatable bonds is 8. The number of nitrogens with one attached hydrogen (secondary N) is 2. The van der Waals surface area contributed by atoms with Gasteiger partial charge in [-0.2, -0.15) is 0 Å². The minimum Gasteiger partial charge on any atom is -0.386 e. The molecular weight excluding hydrogens is 705 g/mol. The molecule has 2 aliphatic rings. The number of aromatic amines is 2. The maximum Gasteiger partial charge on any atom is 0.278 e. The number of hydrogen-bond donors (Lipinski definition) is 4. The monoisotopic (exact) mass is 763 g/mol. The van der Waals surface area contributed by atoms with Crippen molar-refractivity contribution in [2.75, 3.05) is 13.2 Å². The molecule has 4 aromatic rings. The molecule has 4 aromatic heterocycles. The average Bonchev–Trinajstić information content (AvgIpc) is 3.75. The van der Waals surface area contributed by atoms with Crippen molar-refractivity contribution < 1.29 is 41.4 Å². The van der Waals surface area contributed by atoms with Crippen molar-refractivity contribution in [3.05, 3.63) is 46.0 Å². The van der Waals surface area contributed by atoms with Crippen molar-refractivity contribution >= 4 is 22.3 Å². The van der Waals surface area contributed by atoms with Crippen LogP contribution in [0.5, 0.6) is 0 Å². The molecule has 6 rings (SSSR count). The van der Waals surface area contributed by atoms with Crippen LogP contribution in [0.15, 0.2) is 34.9 Å². The minimum atomic E-state index is -1.10. The van der Waals surface area contributed by atoms with E-state index in [0.29, 0.717) is 0 Å². The van der Waals surface area contributed by atoms with E-state index >= 15 is 0 Å². The molecule has 4 N–H and O–H groups in total. The third-order valence-electron chi connectivity index (χ3n) is 8.08. The van der Waals surface area contributed by atoms with Gasteiger partial charge in [0.05, 0.1) is 60.9 Å². The molecule has 8 atom stereocenters. The summed E-state index contributed by atoms with van der Waals surface area (Å²) >= 11 is 0. The zero-order chi connectivity index (χ0) is 41.7. The molecular formula is C36H56N8O10. The number of aliphatic hydroxyl groups excluding tert-OH is 2. The van der Waals surface area contributed by atoms with E-state index in [-0.39, 0.29) is 48.1 Å². The lowest BCUT2D eigenvalue weighted by Crippen LogP contribution is -2.42. The summed E-state index contributed by atoms with van der Waals surface area (Å²) in [5, 5.41) is 22.0. The van der Waals surface area contributed by atoms with Gasteiger partial charge >= 0.3 is 0 Å².